The van der Waals surface area contributed by atoms with Gasteiger partial charge in [0.15, 0.2) is 0 Å². The molecule has 8 heteroatoms. The standard InChI is InChI=1S/C17H24N4O4/c1-11-13(15(22)18-2)7-4-8-14(11)20-16(23)19-12-6-5-9-21(10-12)17(24)25-3/h4,7-8,12H,5-6,9-10H2,1-3H3,(H,18,22)(H2,19,20,23)/t12-/m1/s1. The molecule has 1 aliphatic heterocycles. The third kappa shape index (κ3) is 4.62. The minimum absolute atomic E-state index is 0.143. The number of methoxy groups -OCH3 is 1. The number of hydrogen-bond acceptors (Lipinski definition) is 4. The lowest BCUT2D eigenvalue weighted by molar-refractivity contribution is 0.0962. The molecule has 1 aromatic rings. The molecule has 0 saturated carbocycles. The fraction of sp³-hybridized carbons (Fsp3) is 0.471. The number of benzene rings is 1. The van der Waals surface area contributed by atoms with Crippen molar-refractivity contribution in [3.05, 3.63) is 29.3 Å². The lowest BCUT2D eigenvalue weighted by Crippen LogP contribution is -2.50. The maximum Gasteiger partial charge on any atom is 0.409 e. The second kappa shape index (κ2) is 8.36. The van der Waals surface area contributed by atoms with Crippen LogP contribution in [0.5, 0.6) is 0 Å². The van der Waals surface area contributed by atoms with Crippen LogP contribution >= 0.6 is 0 Å². The van der Waals surface area contributed by atoms with E-state index in [0.717, 1.165) is 12.8 Å². The molecular weight excluding hydrogens is 324 g/mol. The molecular formula is C17H24N4O4. The third-order valence-electron chi connectivity index (χ3n) is 4.24. The van der Waals surface area contributed by atoms with Crippen LogP contribution in [0.4, 0.5) is 15.3 Å². The van der Waals surface area contributed by atoms with Crippen molar-refractivity contribution >= 4 is 23.7 Å². The van der Waals surface area contributed by atoms with Crippen LogP contribution in [0.25, 0.3) is 0 Å². The predicted molar refractivity (Wildman–Crippen MR) is 93.7 cm³/mol. The molecule has 4 amide bonds. The molecule has 8 nitrogen and oxygen atoms in total. The van der Waals surface area contributed by atoms with Gasteiger partial charge in [-0.2, -0.15) is 0 Å². The average Bonchev–Trinajstić information content (AvgIpc) is 2.62. The van der Waals surface area contributed by atoms with Crippen LogP contribution in [0.1, 0.15) is 28.8 Å². The summed E-state index contributed by atoms with van der Waals surface area (Å²) < 4.78 is 4.72. The zero-order chi connectivity index (χ0) is 18.4. The highest BCUT2D eigenvalue weighted by Crippen LogP contribution is 2.19. The second-order valence-electron chi connectivity index (χ2n) is 5.91. The molecule has 0 unspecified atom stereocenters. The number of carbonyl (C=O) groups excluding carboxylic acids is 3. The van der Waals surface area contributed by atoms with Crippen molar-refractivity contribution in [1.82, 2.24) is 15.5 Å². The van der Waals surface area contributed by atoms with Crippen molar-refractivity contribution in [2.24, 2.45) is 0 Å². The monoisotopic (exact) mass is 348 g/mol. The highest BCUT2D eigenvalue weighted by Gasteiger charge is 2.25. The molecule has 25 heavy (non-hydrogen) atoms. The van der Waals surface area contributed by atoms with Crippen molar-refractivity contribution in [2.45, 2.75) is 25.8 Å². The number of anilines is 1. The largest absolute Gasteiger partial charge is 0.453 e. The fourth-order valence-corrected chi connectivity index (χ4v) is 2.89. The van der Waals surface area contributed by atoms with E-state index in [1.54, 1.807) is 37.1 Å². The molecule has 1 heterocycles. The number of nitrogens with one attached hydrogen (secondary N) is 3. The Morgan fingerprint density at radius 3 is 2.72 bits per heavy atom. The highest BCUT2D eigenvalue weighted by molar-refractivity contribution is 5.99. The van der Waals surface area contributed by atoms with Crippen LogP contribution in [0.3, 0.4) is 0 Å². The number of amides is 4. The topological polar surface area (TPSA) is 99.8 Å². The van der Waals surface area contributed by atoms with Gasteiger partial charge in [0.1, 0.15) is 0 Å². The quantitative estimate of drug-likeness (QED) is 0.774. The van der Waals surface area contributed by atoms with Gasteiger partial charge in [0, 0.05) is 37.4 Å². The Balaban J connectivity index is 1.98. The Labute approximate surface area is 146 Å². The Morgan fingerprint density at radius 1 is 1.28 bits per heavy atom. The normalized spacial score (nSPS) is 16.8. The van der Waals surface area contributed by atoms with Crippen LogP contribution in [0.2, 0.25) is 0 Å². The molecule has 3 N–H and O–H groups in total. The molecule has 2 rings (SSSR count). The first-order valence-electron chi connectivity index (χ1n) is 8.18. The second-order valence-corrected chi connectivity index (χ2v) is 5.91. The first-order valence-corrected chi connectivity index (χ1v) is 8.18. The van der Waals surface area contributed by atoms with Crippen LogP contribution in [0.15, 0.2) is 18.2 Å². The highest BCUT2D eigenvalue weighted by atomic mass is 16.5. The molecule has 1 saturated heterocycles. The van der Waals surface area contributed by atoms with E-state index in [1.807, 2.05) is 0 Å². The molecule has 0 radical (unpaired) electrons. The lowest BCUT2D eigenvalue weighted by Gasteiger charge is -2.32. The SMILES string of the molecule is CNC(=O)c1cccc(NC(=O)N[C@@H]2CCCN(C(=O)OC)C2)c1C. The van der Waals surface area contributed by atoms with Gasteiger partial charge in [-0.05, 0) is 37.5 Å². The van der Waals surface area contributed by atoms with E-state index >= 15 is 0 Å². The van der Waals surface area contributed by atoms with E-state index in [2.05, 4.69) is 16.0 Å². The summed E-state index contributed by atoms with van der Waals surface area (Å²) in [4.78, 5) is 37.3. The van der Waals surface area contributed by atoms with Crippen molar-refractivity contribution in [1.29, 1.82) is 0 Å². The summed E-state index contributed by atoms with van der Waals surface area (Å²) in [5, 5.41) is 8.21. The summed E-state index contributed by atoms with van der Waals surface area (Å²) in [7, 11) is 2.90. The zero-order valence-corrected chi connectivity index (χ0v) is 14.7. The number of likely N-dealkylation sites (tertiary alicyclic amines) is 1. The van der Waals surface area contributed by atoms with E-state index in [-0.39, 0.29) is 24.1 Å². The van der Waals surface area contributed by atoms with Crippen molar-refractivity contribution < 1.29 is 19.1 Å². The molecule has 1 atom stereocenters. The van der Waals surface area contributed by atoms with E-state index in [0.29, 0.717) is 29.9 Å². The number of carbonyl (C=O) groups is 3. The summed E-state index contributed by atoms with van der Waals surface area (Å²) >= 11 is 0. The first kappa shape index (κ1) is 18.6. The van der Waals surface area contributed by atoms with Gasteiger partial charge in [0.2, 0.25) is 0 Å². The summed E-state index contributed by atoms with van der Waals surface area (Å²) in [5.41, 5.74) is 1.77. The molecule has 1 aliphatic rings. The Kier molecular flexibility index (Phi) is 6.21. The van der Waals surface area contributed by atoms with Crippen molar-refractivity contribution in [2.75, 3.05) is 32.6 Å². The van der Waals surface area contributed by atoms with Gasteiger partial charge in [-0.1, -0.05) is 6.07 Å². The summed E-state index contributed by atoms with van der Waals surface area (Å²) in [6.45, 7) is 2.82. The maximum atomic E-state index is 12.3. The molecule has 0 aromatic heterocycles. The van der Waals surface area contributed by atoms with Gasteiger partial charge in [-0.3, -0.25) is 4.79 Å². The third-order valence-corrected chi connectivity index (χ3v) is 4.24. The summed E-state index contributed by atoms with van der Waals surface area (Å²) in [5.74, 6) is -0.206. The molecule has 0 spiro atoms. The van der Waals surface area contributed by atoms with Gasteiger partial charge >= 0.3 is 12.1 Å². The van der Waals surface area contributed by atoms with E-state index in [4.69, 9.17) is 4.74 Å². The molecule has 0 bridgehead atoms. The van der Waals surface area contributed by atoms with E-state index < -0.39 is 0 Å². The number of hydrogen-bond donors (Lipinski definition) is 3. The number of urea groups is 1. The summed E-state index contributed by atoms with van der Waals surface area (Å²) in [6, 6.07) is 4.65. The summed E-state index contributed by atoms with van der Waals surface area (Å²) in [6.07, 6.45) is 1.20. The molecule has 1 fully saturated rings. The molecule has 1 aromatic carbocycles. The van der Waals surface area contributed by atoms with Crippen LogP contribution in [-0.2, 0) is 4.74 Å². The number of rotatable bonds is 3. The Morgan fingerprint density at radius 2 is 2.04 bits per heavy atom. The van der Waals surface area contributed by atoms with Gasteiger partial charge < -0.3 is 25.6 Å². The number of piperidine rings is 1. The number of ether oxygens (including phenoxy) is 1. The zero-order valence-electron chi connectivity index (χ0n) is 14.7. The number of nitrogens with zero attached hydrogens (tertiary/aromatic N) is 1. The minimum atomic E-state index is -0.388. The average molecular weight is 348 g/mol. The van der Waals surface area contributed by atoms with Crippen molar-refractivity contribution in [3.63, 3.8) is 0 Å². The van der Waals surface area contributed by atoms with Gasteiger partial charge in [-0.15, -0.1) is 0 Å². The van der Waals surface area contributed by atoms with Crippen LogP contribution < -0.4 is 16.0 Å². The van der Waals surface area contributed by atoms with E-state index in [9.17, 15) is 14.4 Å². The molecule has 136 valence electrons. The van der Waals surface area contributed by atoms with Crippen molar-refractivity contribution in [3.8, 4) is 0 Å². The Hall–Kier alpha value is -2.77. The van der Waals surface area contributed by atoms with Gasteiger partial charge in [-0.25, -0.2) is 9.59 Å². The van der Waals surface area contributed by atoms with Crippen LogP contribution in [-0.4, -0.2) is 56.2 Å². The Bertz CT molecular complexity index is 662. The van der Waals surface area contributed by atoms with Crippen LogP contribution in [0, 0.1) is 6.92 Å². The minimum Gasteiger partial charge on any atom is -0.453 e. The first-order chi connectivity index (χ1) is 12.0. The predicted octanol–water partition coefficient (Wildman–Crippen LogP) is 1.71. The maximum absolute atomic E-state index is 12.3. The van der Waals surface area contributed by atoms with E-state index in [1.165, 1.54) is 7.11 Å². The van der Waals surface area contributed by atoms with Gasteiger partial charge in [0.05, 0.1) is 7.11 Å². The lowest BCUT2D eigenvalue weighted by atomic mass is 10.1. The molecule has 0 aliphatic carbocycles. The smallest absolute Gasteiger partial charge is 0.409 e. The fourth-order valence-electron chi connectivity index (χ4n) is 2.89. The van der Waals surface area contributed by atoms with Gasteiger partial charge in [0.25, 0.3) is 5.91 Å².